The van der Waals surface area contributed by atoms with Gasteiger partial charge in [0, 0.05) is 5.39 Å². The number of amides is 1. The number of hydrogen-bond donors (Lipinski definition) is 1. The molecule has 156 valence electrons. The Morgan fingerprint density at radius 2 is 1.87 bits per heavy atom. The number of halogens is 3. The second-order valence-electron chi connectivity index (χ2n) is 6.45. The monoisotopic (exact) mass is 416 g/mol. The number of anilines is 1. The molecule has 1 N–H and O–H groups in total. The van der Waals surface area contributed by atoms with E-state index in [2.05, 4.69) is 22.1 Å². The zero-order valence-electron chi connectivity index (χ0n) is 16.3. The summed E-state index contributed by atoms with van der Waals surface area (Å²) in [6.07, 6.45) is -4.39. The lowest BCUT2D eigenvalue weighted by Gasteiger charge is -2.08. The van der Waals surface area contributed by atoms with Gasteiger partial charge >= 0.3 is 6.18 Å². The maximum absolute atomic E-state index is 12.8. The Labute approximate surface area is 170 Å². The van der Waals surface area contributed by atoms with Crippen LogP contribution in [0.3, 0.4) is 0 Å². The normalized spacial score (nSPS) is 12.4. The Morgan fingerprint density at radius 1 is 1.20 bits per heavy atom. The Hall–Kier alpha value is -3.62. The van der Waals surface area contributed by atoms with E-state index < -0.39 is 17.6 Å². The first-order valence-electron chi connectivity index (χ1n) is 8.89. The summed E-state index contributed by atoms with van der Waals surface area (Å²) in [5.74, 6) is -0.229. The highest BCUT2D eigenvalue weighted by molar-refractivity contribution is 6.06. The van der Waals surface area contributed by atoms with Crippen molar-refractivity contribution >= 4 is 29.3 Å². The molecule has 0 aliphatic rings. The van der Waals surface area contributed by atoms with Crippen molar-refractivity contribution in [3.05, 3.63) is 71.1 Å². The molecule has 0 radical (unpaired) electrons. The van der Waals surface area contributed by atoms with Gasteiger partial charge in [-0.25, -0.2) is 0 Å². The number of methoxy groups -OCH3 is 1. The molecule has 0 saturated heterocycles. The fourth-order valence-corrected chi connectivity index (χ4v) is 2.95. The van der Waals surface area contributed by atoms with E-state index in [0.29, 0.717) is 28.0 Å². The maximum atomic E-state index is 12.8. The first-order chi connectivity index (χ1) is 14.2. The number of para-hydroxylation sites is 1. The zero-order valence-corrected chi connectivity index (χ0v) is 16.3. The zero-order chi connectivity index (χ0) is 21.9. The second-order valence-corrected chi connectivity index (χ2v) is 6.45. The number of carbonyl (C=O) groups excluding carboxylic acids is 1. The summed E-state index contributed by atoms with van der Waals surface area (Å²) in [5, 5.41) is 7.81. The predicted molar refractivity (Wildman–Crippen MR) is 108 cm³/mol. The molecule has 0 aliphatic carbocycles. The van der Waals surface area contributed by atoms with Crippen molar-refractivity contribution in [2.75, 3.05) is 12.4 Å². The van der Waals surface area contributed by atoms with Crippen LogP contribution in [0.5, 0.6) is 0 Å². The number of ether oxygens (including phenoxy) is 1. The second kappa shape index (κ2) is 8.40. The summed E-state index contributed by atoms with van der Waals surface area (Å²) < 4.78 is 45.0. The minimum absolute atomic E-state index is 0.00590. The third-order valence-electron chi connectivity index (χ3n) is 4.48. The van der Waals surface area contributed by atoms with E-state index in [-0.39, 0.29) is 12.3 Å². The number of alkyl halides is 3. The van der Waals surface area contributed by atoms with Crippen LogP contribution in [0.15, 0.2) is 65.0 Å². The Bertz CT molecular complexity index is 1120. The van der Waals surface area contributed by atoms with Crippen LogP contribution < -0.4 is 5.32 Å². The first-order valence-corrected chi connectivity index (χ1v) is 8.89. The minimum Gasteiger partial charge on any atom is -0.490 e. The Morgan fingerprint density at radius 3 is 2.47 bits per heavy atom. The standard InChI is InChI=1S/C21H19F3N4O2/c1-13(25-2)18(30-3)20(29)26-19-16-6-4-5-7-17(16)28(27-19)12-14-8-10-15(11-9-14)21(22,23)24/h4-11H,2,12H2,1,3H3,(H,26,27,29)/b18-13-. The largest absolute Gasteiger partial charge is 0.490 e. The molecular weight excluding hydrogens is 397 g/mol. The van der Waals surface area contributed by atoms with E-state index in [9.17, 15) is 18.0 Å². The van der Waals surface area contributed by atoms with E-state index >= 15 is 0 Å². The van der Waals surface area contributed by atoms with Crippen molar-refractivity contribution < 1.29 is 22.7 Å². The van der Waals surface area contributed by atoms with Gasteiger partial charge in [-0.05, 0) is 43.5 Å². The molecule has 1 aromatic heterocycles. The molecule has 0 fully saturated rings. The van der Waals surface area contributed by atoms with Crippen LogP contribution >= 0.6 is 0 Å². The van der Waals surface area contributed by atoms with Crippen molar-refractivity contribution in [3.8, 4) is 0 Å². The van der Waals surface area contributed by atoms with Gasteiger partial charge in [0.05, 0.1) is 30.4 Å². The SMILES string of the molecule is C=N/C(C)=C(\OC)C(=O)Nc1nn(Cc2ccc(C(F)(F)F)cc2)c2ccccc12. The van der Waals surface area contributed by atoms with Gasteiger partial charge in [-0.1, -0.05) is 24.3 Å². The summed E-state index contributed by atoms with van der Waals surface area (Å²) >= 11 is 0. The number of aliphatic imine (C=N–C) groups is 1. The van der Waals surface area contributed by atoms with E-state index in [1.165, 1.54) is 19.2 Å². The summed E-state index contributed by atoms with van der Waals surface area (Å²) in [6.45, 7) is 5.20. The smallest absolute Gasteiger partial charge is 0.416 e. The topological polar surface area (TPSA) is 68.5 Å². The first kappa shape index (κ1) is 21.1. The highest BCUT2D eigenvalue weighted by Gasteiger charge is 2.30. The van der Waals surface area contributed by atoms with Crippen LogP contribution in [0.1, 0.15) is 18.1 Å². The number of fused-ring (bicyclic) bond motifs is 1. The third kappa shape index (κ3) is 4.35. The maximum Gasteiger partial charge on any atom is 0.416 e. The number of rotatable bonds is 6. The number of carbonyl (C=O) groups is 1. The summed E-state index contributed by atoms with van der Waals surface area (Å²) in [6, 6.07) is 12.1. The number of aromatic nitrogens is 2. The van der Waals surface area contributed by atoms with Gasteiger partial charge < -0.3 is 10.1 Å². The third-order valence-corrected chi connectivity index (χ3v) is 4.48. The molecule has 9 heteroatoms. The van der Waals surface area contributed by atoms with Gasteiger partial charge in [0.25, 0.3) is 5.91 Å². The van der Waals surface area contributed by atoms with Crippen LogP contribution in [0, 0.1) is 0 Å². The molecule has 1 amide bonds. The quantitative estimate of drug-likeness (QED) is 0.362. The van der Waals surface area contributed by atoms with Crippen LogP contribution in [0.4, 0.5) is 19.0 Å². The number of nitrogens with one attached hydrogen (secondary N) is 1. The predicted octanol–water partition coefficient (Wildman–Crippen LogP) is 4.62. The van der Waals surface area contributed by atoms with Crippen LogP contribution in [-0.4, -0.2) is 29.5 Å². The molecule has 3 rings (SSSR count). The molecule has 0 unspecified atom stereocenters. The molecule has 1 heterocycles. The molecule has 0 atom stereocenters. The van der Waals surface area contributed by atoms with Gasteiger partial charge in [0.1, 0.15) is 0 Å². The van der Waals surface area contributed by atoms with Crippen molar-refractivity contribution in [3.63, 3.8) is 0 Å². The molecule has 30 heavy (non-hydrogen) atoms. The van der Waals surface area contributed by atoms with E-state index in [4.69, 9.17) is 4.74 Å². The van der Waals surface area contributed by atoms with Crippen LogP contribution in [-0.2, 0) is 22.3 Å². The highest BCUT2D eigenvalue weighted by Crippen LogP contribution is 2.30. The van der Waals surface area contributed by atoms with E-state index in [0.717, 1.165) is 12.1 Å². The van der Waals surface area contributed by atoms with Crippen LogP contribution in [0.2, 0.25) is 0 Å². The molecule has 2 aromatic carbocycles. The summed E-state index contributed by atoms with van der Waals surface area (Å²) in [5.41, 5.74) is 0.964. The minimum atomic E-state index is -4.39. The number of benzene rings is 2. The molecule has 6 nitrogen and oxygen atoms in total. The van der Waals surface area contributed by atoms with Crippen molar-refractivity contribution in [1.29, 1.82) is 0 Å². The molecule has 0 saturated carbocycles. The van der Waals surface area contributed by atoms with Crippen molar-refractivity contribution in [1.82, 2.24) is 9.78 Å². The molecule has 0 spiro atoms. The molecule has 0 bridgehead atoms. The van der Waals surface area contributed by atoms with Gasteiger partial charge in [-0.15, -0.1) is 0 Å². The van der Waals surface area contributed by atoms with E-state index in [1.807, 2.05) is 12.1 Å². The number of nitrogens with zero attached hydrogens (tertiary/aromatic N) is 3. The lowest BCUT2D eigenvalue weighted by Crippen LogP contribution is -2.17. The number of allylic oxidation sites excluding steroid dienone is 1. The Kier molecular flexibility index (Phi) is 5.91. The van der Waals surface area contributed by atoms with Gasteiger partial charge in [0.2, 0.25) is 5.76 Å². The van der Waals surface area contributed by atoms with Crippen LogP contribution in [0.25, 0.3) is 10.9 Å². The van der Waals surface area contributed by atoms with Gasteiger partial charge in [0.15, 0.2) is 5.82 Å². The molecule has 3 aromatic rings. The summed E-state index contributed by atoms with van der Waals surface area (Å²) in [7, 11) is 1.35. The van der Waals surface area contributed by atoms with Gasteiger partial charge in [-0.3, -0.25) is 14.5 Å². The van der Waals surface area contributed by atoms with Crippen molar-refractivity contribution in [2.45, 2.75) is 19.6 Å². The highest BCUT2D eigenvalue weighted by atomic mass is 19.4. The average Bonchev–Trinajstić information content (AvgIpc) is 3.05. The molecular formula is C21H19F3N4O2. The fraction of sp³-hybridized carbons (Fsp3) is 0.190. The molecule has 0 aliphatic heterocycles. The van der Waals surface area contributed by atoms with Crippen molar-refractivity contribution in [2.24, 2.45) is 4.99 Å². The van der Waals surface area contributed by atoms with Gasteiger partial charge in [-0.2, -0.15) is 18.3 Å². The Balaban J connectivity index is 1.93. The summed E-state index contributed by atoms with van der Waals surface area (Å²) in [4.78, 5) is 16.3. The fourth-order valence-electron chi connectivity index (χ4n) is 2.95. The number of hydrogen-bond acceptors (Lipinski definition) is 4. The lowest BCUT2D eigenvalue weighted by molar-refractivity contribution is -0.137. The van der Waals surface area contributed by atoms with E-state index in [1.54, 1.807) is 23.7 Å². The average molecular weight is 416 g/mol. The lowest BCUT2D eigenvalue weighted by atomic mass is 10.1.